The lowest BCUT2D eigenvalue weighted by Crippen LogP contribution is -1.99. The van der Waals surface area contributed by atoms with Gasteiger partial charge < -0.3 is 5.11 Å². The lowest BCUT2D eigenvalue weighted by Gasteiger charge is -2.05. The molecule has 76 valence electrons. The zero-order valence-corrected chi connectivity index (χ0v) is 10.2. The molecule has 0 amide bonds. The van der Waals surface area contributed by atoms with E-state index in [0.717, 1.165) is 5.56 Å². The molecule has 0 fully saturated rings. The number of rotatable bonds is 3. The van der Waals surface area contributed by atoms with Crippen molar-refractivity contribution < 1.29 is 14.3 Å². The van der Waals surface area contributed by atoms with Crippen LogP contribution in [-0.2, 0) is 11.2 Å². The van der Waals surface area contributed by atoms with E-state index in [1.54, 1.807) is 0 Å². The number of carbonyl (C=O) groups is 1. The van der Waals surface area contributed by atoms with E-state index in [4.69, 9.17) is 5.11 Å². The second-order valence-electron chi connectivity index (χ2n) is 2.74. The van der Waals surface area contributed by atoms with Crippen molar-refractivity contribution in [3.05, 3.63) is 32.5 Å². The molecule has 0 spiro atoms. The first-order chi connectivity index (χ1) is 6.50. The summed E-state index contributed by atoms with van der Waals surface area (Å²) in [4.78, 5) is 10.4. The van der Waals surface area contributed by atoms with Crippen LogP contribution in [0.1, 0.15) is 12.0 Å². The first-order valence-electron chi connectivity index (χ1n) is 3.86. The van der Waals surface area contributed by atoms with E-state index in [0.29, 0.717) is 15.4 Å². The van der Waals surface area contributed by atoms with Gasteiger partial charge in [0.1, 0.15) is 5.82 Å². The third kappa shape index (κ3) is 3.06. The normalized spacial score (nSPS) is 10.2. The van der Waals surface area contributed by atoms with Gasteiger partial charge in [0.05, 0.1) is 0 Å². The summed E-state index contributed by atoms with van der Waals surface area (Å²) in [6, 6.07) is 2.64. The number of carboxylic acid groups (broad SMARTS) is 1. The molecule has 0 saturated carbocycles. The Hall–Kier alpha value is -0.420. The Balaban J connectivity index is 2.91. The monoisotopic (exact) mass is 324 g/mol. The molecule has 0 heterocycles. The lowest BCUT2D eigenvalue weighted by molar-refractivity contribution is -0.136. The number of hydrogen-bond donors (Lipinski definition) is 1. The molecular formula is C9H7Br2FO2. The van der Waals surface area contributed by atoms with Gasteiger partial charge in [-0.15, -0.1) is 0 Å². The maximum absolute atomic E-state index is 12.8. The van der Waals surface area contributed by atoms with Crippen molar-refractivity contribution in [1.82, 2.24) is 0 Å². The highest BCUT2D eigenvalue weighted by Crippen LogP contribution is 2.27. The summed E-state index contributed by atoms with van der Waals surface area (Å²) in [6.07, 6.45) is 0.402. The van der Waals surface area contributed by atoms with Gasteiger partial charge >= 0.3 is 5.97 Å². The molecule has 0 bridgehead atoms. The standard InChI is InChI=1S/C9H7Br2FO2/c10-7-3-5(12)4-8(11)6(7)1-2-9(13)14/h3-4H,1-2H2,(H,13,14). The van der Waals surface area contributed by atoms with Crippen LogP contribution in [0.15, 0.2) is 21.1 Å². The molecule has 1 aromatic rings. The van der Waals surface area contributed by atoms with Gasteiger partial charge in [-0.05, 0) is 24.1 Å². The van der Waals surface area contributed by atoms with Gasteiger partial charge in [0.25, 0.3) is 0 Å². The summed E-state index contributed by atoms with van der Waals surface area (Å²) in [5.41, 5.74) is 0.772. The quantitative estimate of drug-likeness (QED) is 0.925. The Morgan fingerprint density at radius 2 is 1.86 bits per heavy atom. The highest BCUT2D eigenvalue weighted by Gasteiger charge is 2.09. The van der Waals surface area contributed by atoms with E-state index in [2.05, 4.69) is 31.9 Å². The van der Waals surface area contributed by atoms with E-state index in [9.17, 15) is 9.18 Å². The van der Waals surface area contributed by atoms with Gasteiger partial charge in [-0.25, -0.2) is 4.39 Å². The largest absolute Gasteiger partial charge is 0.481 e. The first kappa shape index (κ1) is 11.7. The van der Waals surface area contributed by atoms with Crippen molar-refractivity contribution in [3.8, 4) is 0 Å². The average Bonchev–Trinajstić information content (AvgIpc) is 2.01. The van der Waals surface area contributed by atoms with Crippen LogP contribution in [0.4, 0.5) is 4.39 Å². The lowest BCUT2D eigenvalue weighted by atomic mass is 10.1. The van der Waals surface area contributed by atoms with Crippen LogP contribution < -0.4 is 0 Å². The molecule has 0 aliphatic carbocycles. The second kappa shape index (κ2) is 4.89. The average molecular weight is 326 g/mol. The summed E-state index contributed by atoms with van der Waals surface area (Å²) in [7, 11) is 0. The van der Waals surface area contributed by atoms with E-state index < -0.39 is 5.97 Å². The van der Waals surface area contributed by atoms with Crippen LogP contribution in [0, 0.1) is 5.82 Å². The molecule has 0 aliphatic heterocycles. The highest BCUT2D eigenvalue weighted by molar-refractivity contribution is 9.11. The molecule has 0 atom stereocenters. The molecule has 5 heteroatoms. The zero-order valence-electron chi connectivity index (χ0n) is 7.06. The Morgan fingerprint density at radius 3 is 2.29 bits per heavy atom. The van der Waals surface area contributed by atoms with Crippen molar-refractivity contribution in [2.24, 2.45) is 0 Å². The van der Waals surface area contributed by atoms with Crippen LogP contribution in [0.25, 0.3) is 0 Å². The number of benzene rings is 1. The van der Waals surface area contributed by atoms with Crippen molar-refractivity contribution in [2.45, 2.75) is 12.8 Å². The Bertz CT molecular complexity index is 343. The maximum Gasteiger partial charge on any atom is 0.303 e. The molecule has 14 heavy (non-hydrogen) atoms. The fourth-order valence-electron chi connectivity index (χ4n) is 1.04. The number of halogens is 3. The van der Waals surface area contributed by atoms with Crippen LogP contribution >= 0.6 is 31.9 Å². The van der Waals surface area contributed by atoms with Crippen LogP contribution in [0.3, 0.4) is 0 Å². The Kier molecular flexibility index (Phi) is 4.07. The molecular weight excluding hydrogens is 319 g/mol. The molecule has 0 aromatic heterocycles. The third-order valence-corrected chi connectivity index (χ3v) is 3.11. The second-order valence-corrected chi connectivity index (χ2v) is 4.45. The minimum Gasteiger partial charge on any atom is -0.481 e. The molecule has 2 nitrogen and oxygen atoms in total. The highest BCUT2D eigenvalue weighted by atomic mass is 79.9. The van der Waals surface area contributed by atoms with Gasteiger partial charge in [0.15, 0.2) is 0 Å². The van der Waals surface area contributed by atoms with Crippen molar-refractivity contribution in [3.63, 3.8) is 0 Å². The van der Waals surface area contributed by atoms with Crippen LogP contribution in [-0.4, -0.2) is 11.1 Å². The smallest absolute Gasteiger partial charge is 0.303 e. The number of aliphatic carboxylic acids is 1. The SMILES string of the molecule is O=C(O)CCc1c(Br)cc(F)cc1Br. The van der Waals surface area contributed by atoms with Gasteiger partial charge in [-0.3, -0.25) is 4.79 Å². The summed E-state index contributed by atoms with van der Waals surface area (Å²) in [6.45, 7) is 0. The van der Waals surface area contributed by atoms with Gasteiger partial charge in [0, 0.05) is 15.4 Å². The first-order valence-corrected chi connectivity index (χ1v) is 5.44. The molecule has 0 unspecified atom stereocenters. The predicted octanol–water partition coefficient (Wildman–Crippen LogP) is 3.37. The van der Waals surface area contributed by atoms with Gasteiger partial charge in [-0.2, -0.15) is 0 Å². The zero-order chi connectivity index (χ0) is 10.7. The molecule has 1 aromatic carbocycles. The summed E-state index contributed by atoms with van der Waals surface area (Å²) >= 11 is 6.37. The van der Waals surface area contributed by atoms with Gasteiger partial charge in [0.2, 0.25) is 0 Å². The fraction of sp³-hybridized carbons (Fsp3) is 0.222. The van der Waals surface area contributed by atoms with Crippen molar-refractivity contribution >= 4 is 37.8 Å². The van der Waals surface area contributed by atoms with Crippen molar-refractivity contribution in [1.29, 1.82) is 0 Å². The summed E-state index contributed by atoms with van der Waals surface area (Å²) < 4.78 is 14.0. The van der Waals surface area contributed by atoms with Gasteiger partial charge in [-0.1, -0.05) is 31.9 Å². The predicted molar refractivity (Wildman–Crippen MR) is 57.8 cm³/mol. The minimum atomic E-state index is -0.867. The fourth-order valence-corrected chi connectivity index (χ4v) is 2.57. The molecule has 0 saturated heterocycles. The van der Waals surface area contributed by atoms with E-state index >= 15 is 0 Å². The minimum absolute atomic E-state index is 0.0306. The summed E-state index contributed by atoms with van der Waals surface area (Å²) in [5, 5.41) is 8.51. The molecule has 0 radical (unpaired) electrons. The number of carboxylic acids is 1. The van der Waals surface area contributed by atoms with E-state index in [1.807, 2.05) is 0 Å². The van der Waals surface area contributed by atoms with Crippen molar-refractivity contribution in [2.75, 3.05) is 0 Å². The van der Waals surface area contributed by atoms with Crippen LogP contribution in [0.5, 0.6) is 0 Å². The number of hydrogen-bond acceptors (Lipinski definition) is 1. The van der Waals surface area contributed by atoms with E-state index in [-0.39, 0.29) is 12.2 Å². The van der Waals surface area contributed by atoms with Crippen LogP contribution in [0.2, 0.25) is 0 Å². The molecule has 1 N–H and O–H groups in total. The topological polar surface area (TPSA) is 37.3 Å². The Morgan fingerprint density at radius 1 is 1.36 bits per heavy atom. The summed E-state index contributed by atoms with van der Waals surface area (Å²) in [5.74, 6) is -1.23. The Labute approximate surface area is 97.4 Å². The van der Waals surface area contributed by atoms with E-state index in [1.165, 1.54) is 12.1 Å². The third-order valence-electron chi connectivity index (χ3n) is 1.69. The maximum atomic E-state index is 12.8. The molecule has 0 aliphatic rings. The molecule has 1 rings (SSSR count).